The van der Waals surface area contributed by atoms with Crippen molar-refractivity contribution in [3.8, 4) is 0 Å². The van der Waals surface area contributed by atoms with Gasteiger partial charge in [-0.3, -0.25) is 9.59 Å². The summed E-state index contributed by atoms with van der Waals surface area (Å²) in [5, 5.41) is 11.4. The number of aliphatic carboxylic acids is 1. The Balaban J connectivity index is 4.04. The first-order chi connectivity index (χ1) is 6.97. The number of hydrogen-bond donors (Lipinski definition) is 2. The summed E-state index contributed by atoms with van der Waals surface area (Å²) in [5.74, 6) is -0.770. The Labute approximate surface area is 91.1 Å². The minimum absolute atomic E-state index is 0.00443. The summed E-state index contributed by atoms with van der Waals surface area (Å²) in [6.45, 7) is 5.84. The Morgan fingerprint density at radius 2 is 1.93 bits per heavy atom. The van der Waals surface area contributed by atoms with Gasteiger partial charge in [0.2, 0.25) is 5.91 Å². The van der Waals surface area contributed by atoms with Crippen molar-refractivity contribution in [3.63, 3.8) is 0 Å². The van der Waals surface area contributed by atoms with Crippen LogP contribution in [-0.4, -0.2) is 23.0 Å². The quantitative estimate of drug-likeness (QED) is 0.680. The average Bonchev–Trinajstić information content (AvgIpc) is 2.12. The van der Waals surface area contributed by atoms with Crippen molar-refractivity contribution in [2.24, 2.45) is 5.92 Å². The van der Waals surface area contributed by atoms with Crippen molar-refractivity contribution in [2.45, 2.75) is 52.5 Å². The van der Waals surface area contributed by atoms with E-state index in [1.165, 1.54) is 0 Å². The molecule has 0 fully saturated rings. The van der Waals surface area contributed by atoms with Crippen molar-refractivity contribution in [1.82, 2.24) is 5.32 Å². The van der Waals surface area contributed by atoms with Gasteiger partial charge in [0.15, 0.2) is 0 Å². The van der Waals surface area contributed by atoms with Gasteiger partial charge in [-0.15, -0.1) is 0 Å². The number of unbranched alkanes of at least 4 members (excludes halogenated alkanes) is 1. The van der Waals surface area contributed by atoms with Crippen molar-refractivity contribution < 1.29 is 14.7 Å². The zero-order valence-corrected chi connectivity index (χ0v) is 9.75. The lowest BCUT2D eigenvalue weighted by atomic mass is 10.0. The van der Waals surface area contributed by atoms with E-state index in [-0.39, 0.29) is 24.3 Å². The smallest absolute Gasteiger partial charge is 0.305 e. The van der Waals surface area contributed by atoms with Crippen LogP contribution in [-0.2, 0) is 9.59 Å². The molecule has 4 nitrogen and oxygen atoms in total. The van der Waals surface area contributed by atoms with Gasteiger partial charge in [0.1, 0.15) is 0 Å². The first kappa shape index (κ1) is 13.9. The fourth-order valence-electron chi connectivity index (χ4n) is 1.26. The average molecular weight is 215 g/mol. The summed E-state index contributed by atoms with van der Waals surface area (Å²) in [7, 11) is 0. The molecule has 0 saturated heterocycles. The second-order valence-electron chi connectivity index (χ2n) is 4.12. The van der Waals surface area contributed by atoms with E-state index in [9.17, 15) is 9.59 Å². The molecular formula is C11H21NO3. The second-order valence-corrected chi connectivity index (χ2v) is 4.12. The molecule has 1 amide bonds. The monoisotopic (exact) mass is 215 g/mol. The van der Waals surface area contributed by atoms with E-state index in [4.69, 9.17) is 5.11 Å². The van der Waals surface area contributed by atoms with Crippen molar-refractivity contribution >= 4 is 11.9 Å². The summed E-state index contributed by atoms with van der Waals surface area (Å²) in [6, 6.07) is -0.258. The molecule has 88 valence electrons. The molecule has 0 bridgehead atoms. The number of carboxylic acid groups (broad SMARTS) is 1. The summed E-state index contributed by atoms with van der Waals surface area (Å²) >= 11 is 0. The summed E-state index contributed by atoms with van der Waals surface area (Å²) < 4.78 is 0. The molecule has 0 aromatic carbocycles. The van der Waals surface area contributed by atoms with Crippen molar-refractivity contribution in [3.05, 3.63) is 0 Å². The molecule has 0 saturated carbocycles. The van der Waals surface area contributed by atoms with Gasteiger partial charge in [0.25, 0.3) is 0 Å². The highest BCUT2D eigenvalue weighted by atomic mass is 16.4. The van der Waals surface area contributed by atoms with E-state index >= 15 is 0 Å². The highest BCUT2D eigenvalue weighted by Crippen LogP contribution is 2.07. The van der Waals surface area contributed by atoms with Gasteiger partial charge in [0, 0.05) is 12.5 Å². The highest BCUT2D eigenvalue weighted by Gasteiger charge is 2.18. The van der Waals surface area contributed by atoms with Gasteiger partial charge in [-0.05, 0) is 12.3 Å². The molecule has 1 atom stereocenters. The van der Waals surface area contributed by atoms with Crippen LogP contribution in [0.5, 0.6) is 0 Å². The molecule has 0 aromatic heterocycles. The summed E-state index contributed by atoms with van der Waals surface area (Å²) in [6.07, 6.45) is 2.30. The van der Waals surface area contributed by atoms with Crippen LogP contribution in [0.25, 0.3) is 0 Å². The molecule has 0 aliphatic rings. The number of carbonyl (C=O) groups is 2. The van der Waals surface area contributed by atoms with E-state index in [0.717, 1.165) is 12.8 Å². The largest absolute Gasteiger partial charge is 0.481 e. The number of amides is 1. The maximum absolute atomic E-state index is 11.4. The predicted molar refractivity (Wildman–Crippen MR) is 58.5 cm³/mol. The van der Waals surface area contributed by atoms with E-state index < -0.39 is 5.97 Å². The molecule has 0 aliphatic carbocycles. The molecule has 15 heavy (non-hydrogen) atoms. The first-order valence-electron chi connectivity index (χ1n) is 5.48. The Morgan fingerprint density at radius 3 is 2.33 bits per heavy atom. The van der Waals surface area contributed by atoms with E-state index in [2.05, 4.69) is 5.32 Å². The molecule has 2 N–H and O–H groups in total. The first-order valence-corrected chi connectivity index (χ1v) is 5.48. The van der Waals surface area contributed by atoms with E-state index in [1.807, 2.05) is 20.8 Å². The van der Waals surface area contributed by atoms with Crippen molar-refractivity contribution in [1.29, 1.82) is 0 Å². The van der Waals surface area contributed by atoms with Crippen molar-refractivity contribution in [2.75, 3.05) is 0 Å². The number of carbonyl (C=O) groups excluding carboxylic acids is 1. The maximum atomic E-state index is 11.4. The van der Waals surface area contributed by atoms with Crippen LogP contribution in [0.3, 0.4) is 0 Å². The minimum atomic E-state index is -0.871. The molecule has 0 heterocycles. The Bertz CT molecular complexity index is 214. The molecule has 0 aliphatic heterocycles. The van der Waals surface area contributed by atoms with Crippen LogP contribution in [0.1, 0.15) is 46.5 Å². The van der Waals surface area contributed by atoms with Crippen LogP contribution >= 0.6 is 0 Å². The molecule has 4 heteroatoms. The third-order valence-corrected chi connectivity index (χ3v) is 2.30. The fraction of sp³-hybridized carbons (Fsp3) is 0.818. The van der Waals surface area contributed by atoms with Gasteiger partial charge < -0.3 is 10.4 Å². The van der Waals surface area contributed by atoms with E-state index in [1.54, 1.807) is 0 Å². The van der Waals surface area contributed by atoms with Gasteiger partial charge in [-0.1, -0.05) is 27.2 Å². The van der Waals surface area contributed by atoms with Gasteiger partial charge in [-0.25, -0.2) is 0 Å². The molecule has 0 rings (SSSR count). The molecule has 0 spiro atoms. The molecule has 0 aromatic rings. The van der Waals surface area contributed by atoms with Crippen LogP contribution in [0, 0.1) is 5.92 Å². The third kappa shape index (κ3) is 6.94. The lowest BCUT2D eigenvalue weighted by molar-refractivity contribution is -0.138. The summed E-state index contributed by atoms with van der Waals surface area (Å²) in [4.78, 5) is 22.0. The van der Waals surface area contributed by atoms with Crippen LogP contribution in [0.2, 0.25) is 0 Å². The predicted octanol–water partition coefficient (Wildman–Crippen LogP) is 1.79. The Morgan fingerprint density at radius 1 is 1.33 bits per heavy atom. The van der Waals surface area contributed by atoms with Gasteiger partial charge in [0.05, 0.1) is 6.42 Å². The Kier molecular flexibility index (Phi) is 6.75. The second kappa shape index (κ2) is 7.26. The maximum Gasteiger partial charge on any atom is 0.305 e. The summed E-state index contributed by atoms with van der Waals surface area (Å²) in [5.41, 5.74) is 0. The standard InChI is InChI=1S/C11H21NO3/c1-4-5-6-10(13)12-9(8(2)3)7-11(14)15/h8-9H,4-7H2,1-3H3,(H,12,13)(H,14,15). The third-order valence-electron chi connectivity index (χ3n) is 2.30. The number of carboxylic acids is 1. The SMILES string of the molecule is CCCCC(=O)NC(CC(=O)O)C(C)C. The van der Waals surface area contributed by atoms with Crippen LogP contribution in [0.4, 0.5) is 0 Å². The zero-order chi connectivity index (χ0) is 11.8. The van der Waals surface area contributed by atoms with Crippen LogP contribution in [0.15, 0.2) is 0 Å². The minimum Gasteiger partial charge on any atom is -0.481 e. The lowest BCUT2D eigenvalue weighted by Gasteiger charge is -2.20. The lowest BCUT2D eigenvalue weighted by Crippen LogP contribution is -2.39. The van der Waals surface area contributed by atoms with Gasteiger partial charge in [-0.2, -0.15) is 0 Å². The van der Waals surface area contributed by atoms with E-state index in [0.29, 0.717) is 6.42 Å². The molecular weight excluding hydrogens is 194 g/mol. The van der Waals surface area contributed by atoms with Gasteiger partial charge >= 0.3 is 5.97 Å². The number of nitrogens with one attached hydrogen (secondary N) is 1. The van der Waals surface area contributed by atoms with Crippen LogP contribution < -0.4 is 5.32 Å². The molecule has 1 unspecified atom stereocenters. The molecule has 0 radical (unpaired) electrons. The number of hydrogen-bond acceptors (Lipinski definition) is 2. The highest BCUT2D eigenvalue weighted by molar-refractivity contribution is 5.77. The fourth-order valence-corrected chi connectivity index (χ4v) is 1.26. The number of rotatable bonds is 7. The Hall–Kier alpha value is -1.06. The topological polar surface area (TPSA) is 66.4 Å². The normalized spacial score (nSPS) is 12.5. The zero-order valence-electron chi connectivity index (χ0n) is 9.75.